The van der Waals surface area contributed by atoms with Gasteiger partial charge in [0.1, 0.15) is 12.0 Å². The molecule has 0 heterocycles. The van der Waals surface area contributed by atoms with Crippen LogP contribution in [0.2, 0.25) is 0 Å². The monoisotopic (exact) mass is 267 g/mol. The number of aliphatic hydroxyl groups excluding tert-OH is 1. The van der Waals surface area contributed by atoms with Crippen LogP contribution in [0.5, 0.6) is 5.75 Å². The number of esters is 1. The van der Waals surface area contributed by atoms with Crippen LogP contribution in [0, 0.1) is 5.92 Å². The first-order valence-electron chi connectivity index (χ1n) is 6.18. The molecule has 0 saturated heterocycles. The van der Waals surface area contributed by atoms with Crippen LogP contribution >= 0.6 is 0 Å². The average Bonchev–Trinajstić information content (AvgIpc) is 2.44. The van der Waals surface area contributed by atoms with Gasteiger partial charge < -0.3 is 14.6 Å². The summed E-state index contributed by atoms with van der Waals surface area (Å²) in [4.78, 5) is 11.1. The summed E-state index contributed by atoms with van der Waals surface area (Å²) in [5.41, 5.74) is 1.03. The van der Waals surface area contributed by atoms with E-state index in [1.807, 2.05) is 24.3 Å². The molecule has 0 fully saturated rings. The number of rotatable bonds is 7. The van der Waals surface area contributed by atoms with E-state index in [0.29, 0.717) is 6.54 Å². The molecule has 0 bridgehead atoms. The molecule has 19 heavy (non-hydrogen) atoms. The molecular formula is C14H21NO4. The molecule has 0 aliphatic rings. The van der Waals surface area contributed by atoms with E-state index in [1.54, 1.807) is 14.0 Å². The lowest BCUT2D eigenvalue weighted by atomic mass is 10.1. The Morgan fingerprint density at radius 2 is 1.95 bits per heavy atom. The molecule has 0 aromatic heterocycles. The van der Waals surface area contributed by atoms with Crippen molar-refractivity contribution in [1.29, 1.82) is 0 Å². The van der Waals surface area contributed by atoms with Crippen molar-refractivity contribution in [2.45, 2.75) is 26.1 Å². The summed E-state index contributed by atoms with van der Waals surface area (Å²) >= 11 is 0. The summed E-state index contributed by atoms with van der Waals surface area (Å²) in [6.45, 7) is 2.32. The van der Waals surface area contributed by atoms with Crippen LogP contribution < -0.4 is 10.1 Å². The van der Waals surface area contributed by atoms with E-state index in [-0.39, 0.29) is 18.3 Å². The van der Waals surface area contributed by atoms with Gasteiger partial charge in [-0.3, -0.25) is 10.1 Å². The smallest absolute Gasteiger partial charge is 0.305 e. The Hall–Kier alpha value is -1.59. The quantitative estimate of drug-likeness (QED) is 0.576. The number of carbonyl (C=O) groups excluding carboxylic acids is 1. The van der Waals surface area contributed by atoms with Gasteiger partial charge in [-0.25, -0.2) is 0 Å². The Balaban J connectivity index is 2.40. The number of hydrogen-bond donors (Lipinski definition) is 2. The molecular weight excluding hydrogens is 246 g/mol. The number of methoxy groups -OCH3 is 2. The summed E-state index contributed by atoms with van der Waals surface area (Å²) in [6, 6.07) is 7.57. The van der Waals surface area contributed by atoms with Gasteiger partial charge in [0.25, 0.3) is 0 Å². The third kappa shape index (κ3) is 5.28. The lowest BCUT2D eigenvalue weighted by Crippen LogP contribution is -2.35. The third-order valence-electron chi connectivity index (χ3n) is 2.93. The molecule has 0 aliphatic heterocycles. The summed E-state index contributed by atoms with van der Waals surface area (Å²) in [5.74, 6) is 0.270. The minimum Gasteiger partial charge on any atom is -0.497 e. The molecule has 2 atom stereocenters. The van der Waals surface area contributed by atoms with Gasteiger partial charge in [0.05, 0.1) is 20.6 Å². The average molecular weight is 267 g/mol. The Morgan fingerprint density at radius 3 is 2.47 bits per heavy atom. The van der Waals surface area contributed by atoms with Crippen LogP contribution in [-0.2, 0) is 16.1 Å². The van der Waals surface area contributed by atoms with Crippen LogP contribution in [0.25, 0.3) is 0 Å². The number of ether oxygens (including phenoxy) is 2. The fourth-order valence-corrected chi connectivity index (χ4v) is 1.62. The van der Waals surface area contributed by atoms with Crippen LogP contribution in [0.4, 0.5) is 0 Å². The van der Waals surface area contributed by atoms with Crippen molar-refractivity contribution in [3.8, 4) is 5.75 Å². The Kier molecular flexibility index (Phi) is 6.32. The second-order valence-electron chi connectivity index (χ2n) is 4.43. The zero-order chi connectivity index (χ0) is 14.3. The molecule has 106 valence electrons. The maximum absolute atomic E-state index is 11.1. The highest BCUT2D eigenvalue weighted by molar-refractivity contribution is 5.69. The van der Waals surface area contributed by atoms with Crippen LogP contribution in [0.1, 0.15) is 18.9 Å². The highest BCUT2D eigenvalue weighted by Crippen LogP contribution is 2.12. The molecule has 5 heteroatoms. The molecule has 0 saturated carbocycles. The second-order valence-corrected chi connectivity index (χ2v) is 4.43. The first-order valence-corrected chi connectivity index (χ1v) is 6.18. The lowest BCUT2D eigenvalue weighted by Gasteiger charge is -2.19. The van der Waals surface area contributed by atoms with E-state index in [9.17, 15) is 9.90 Å². The zero-order valence-electron chi connectivity index (χ0n) is 11.6. The highest BCUT2D eigenvalue weighted by Gasteiger charge is 2.17. The van der Waals surface area contributed by atoms with Crippen molar-refractivity contribution in [2.24, 2.45) is 5.92 Å². The van der Waals surface area contributed by atoms with Crippen LogP contribution in [0.3, 0.4) is 0 Å². The van der Waals surface area contributed by atoms with Gasteiger partial charge in [-0.15, -0.1) is 0 Å². The Labute approximate surface area is 113 Å². The first-order chi connectivity index (χ1) is 9.06. The molecule has 1 aromatic rings. The van der Waals surface area contributed by atoms with Gasteiger partial charge in [-0.05, 0) is 17.7 Å². The molecule has 2 unspecified atom stereocenters. The number of carbonyl (C=O) groups is 1. The fourth-order valence-electron chi connectivity index (χ4n) is 1.62. The van der Waals surface area contributed by atoms with E-state index >= 15 is 0 Å². The summed E-state index contributed by atoms with van der Waals surface area (Å²) < 4.78 is 9.64. The topological polar surface area (TPSA) is 67.8 Å². The minimum absolute atomic E-state index is 0.188. The predicted molar refractivity (Wildman–Crippen MR) is 71.6 cm³/mol. The maximum Gasteiger partial charge on any atom is 0.305 e. The van der Waals surface area contributed by atoms with Crippen molar-refractivity contribution >= 4 is 5.97 Å². The van der Waals surface area contributed by atoms with Crippen molar-refractivity contribution < 1.29 is 19.4 Å². The minimum atomic E-state index is -0.749. The van der Waals surface area contributed by atoms with E-state index in [4.69, 9.17) is 4.74 Å². The van der Waals surface area contributed by atoms with E-state index in [2.05, 4.69) is 10.1 Å². The molecule has 0 spiro atoms. The second kappa shape index (κ2) is 7.76. The van der Waals surface area contributed by atoms with Crippen LogP contribution in [-0.4, -0.2) is 31.5 Å². The summed E-state index contributed by atoms with van der Waals surface area (Å²) in [7, 11) is 2.96. The molecule has 0 aliphatic carbocycles. The number of hydrogen-bond acceptors (Lipinski definition) is 5. The maximum atomic E-state index is 11.1. The van der Waals surface area contributed by atoms with Gasteiger partial charge in [0.15, 0.2) is 0 Å². The third-order valence-corrected chi connectivity index (χ3v) is 2.93. The van der Waals surface area contributed by atoms with Crippen molar-refractivity contribution in [3.05, 3.63) is 29.8 Å². The van der Waals surface area contributed by atoms with Gasteiger partial charge in [-0.1, -0.05) is 19.1 Å². The van der Waals surface area contributed by atoms with Gasteiger partial charge in [-0.2, -0.15) is 0 Å². The summed E-state index contributed by atoms with van der Waals surface area (Å²) in [5, 5.41) is 12.9. The SMILES string of the molecule is COC(=O)CC(C)C(O)NCc1ccc(OC)cc1. The molecule has 2 N–H and O–H groups in total. The van der Waals surface area contributed by atoms with E-state index in [1.165, 1.54) is 7.11 Å². The van der Waals surface area contributed by atoms with E-state index in [0.717, 1.165) is 11.3 Å². The Bertz CT molecular complexity index is 391. The molecule has 1 aromatic carbocycles. The largest absolute Gasteiger partial charge is 0.497 e. The predicted octanol–water partition coefficient (Wildman–Crippen LogP) is 1.30. The van der Waals surface area contributed by atoms with E-state index < -0.39 is 6.23 Å². The Morgan fingerprint density at radius 1 is 1.32 bits per heavy atom. The van der Waals surface area contributed by atoms with Crippen molar-refractivity contribution in [3.63, 3.8) is 0 Å². The lowest BCUT2D eigenvalue weighted by molar-refractivity contribution is -0.142. The number of nitrogens with one attached hydrogen (secondary N) is 1. The molecule has 1 rings (SSSR count). The molecule has 0 radical (unpaired) electrons. The van der Waals surface area contributed by atoms with Gasteiger partial charge in [0.2, 0.25) is 0 Å². The normalized spacial score (nSPS) is 13.7. The standard InChI is InChI=1S/C14H21NO4/c1-10(8-13(16)19-3)14(17)15-9-11-4-6-12(18-2)7-5-11/h4-7,10,14-15,17H,8-9H2,1-3H3. The van der Waals surface area contributed by atoms with Crippen LogP contribution in [0.15, 0.2) is 24.3 Å². The van der Waals surface area contributed by atoms with Gasteiger partial charge >= 0.3 is 5.97 Å². The fraction of sp³-hybridized carbons (Fsp3) is 0.500. The number of benzene rings is 1. The highest BCUT2D eigenvalue weighted by atomic mass is 16.5. The van der Waals surface area contributed by atoms with Gasteiger partial charge in [0, 0.05) is 12.5 Å². The summed E-state index contributed by atoms with van der Waals surface area (Å²) in [6.07, 6.45) is -0.561. The molecule has 0 amide bonds. The zero-order valence-corrected chi connectivity index (χ0v) is 11.6. The molecule has 5 nitrogen and oxygen atoms in total. The van der Waals surface area contributed by atoms with Crippen molar-refractivity contribution in [2.75, 3.05) is 14.2 Å². The first kappa shape index (κ1) is 15.5. The number of aliphatic hydroxyl groups is 1. The van der Waals surface area contributed by atoms with Crippen molar-refractivity contribution in [1.82, 2.24) is 5.32 Å².